The zero-order valence-corrected chi connectivity index (χ0v) is 18.2. The summed E-state index contributed by atoms with van der Waals surface area (Å²) in [5.74, 6) is -2.06. The molecule has 34 heavy (non-hydrogen) atoms. The van der Waals surface area contributed by atoms with E-state index in [1.54, 1.807) is 6.92 Å². The van der Waals surface area contributed by atoms with Crippen LogP contribution in [0.4, 0.5) is 5.82 Å². The van der Waals surface area contributed by atoms with Gasteiger partial charge in [-0.3, -0.25) is 0 Å². The number of ether oxygens (including phenoxy) is 4. The molecule has 0 aliphatic carbocycles. The molecule has 1 aromatic rings. The summed E-state index contributed by atoms with van der Waals surface area (Å²) in [5.41, 5.74) is 0. The first-order chi connectivity index (χ1) is 16.1. The van der Waals surface area contributed by atoms with Gasteiger partial charge in [-0.25, -0.2) is 9.55 Å². The molecule has 2 aliphatic rings. The Hall–Kier alpha value is -1.83. The molecule has 3 rings (SSSR count). The highest BCUT2D eigenvalue weighted by atomic mass is 16.8. The Labute approximate surface area is 192 Å². The number of aromatic nitrogens is 2. The lowest BCUT2D eigenvalue weighted by molar-refractivity contribution is -0.392. The second kappa shape index (κ2) is 10.8. The van der Waals surface area contributed by atoms with Gasteiger partial charge in [0.05, 0.1) is 19.8 Å². The van der Waals surface area contributed by atoms with E-state index < -0.39 is 79.5 Å². The molecule has 0 radical (unpaired) electrons. The average molecular weight is 495 g/mol. The van der Waals surface area contributed by atoms with E-state index in [0.29, 0.717) is 5.82 Å². The predicted molar refractivity (Wildman–Crippen MR) is 106 cm³/mol. The Morgan fingerprint density at radius 1 is 1.15 bits per heavy atom. The summed E-state index contributed by atoms with van der Waals surface area (Å²) in [6, 6.07) is 0. The van der Waals surface area contributed by atoms with Gasteiger partial charge in [-0.15, -0.1) is 0 Å². The average Bonchev–Trinajstić information content (AvgIpc) is 3.32. The molecule has 194 valence electrons. The smallest absolute Gasteiger partial charge is 0.342 e. The molecular weight excluding hydrogens is 466 g/mol. The van der Waals surface area contributed by atoms with E-state index in [2.05, 4.69) is 4.98 Å². The molecule has 0 bridgehead atoms. The molecule has 9 atom stereocenters. The van der Waals surface area contributed by atoms with Crippen LogP contribution in [0.1, 0.15) is 5.82 Å². The maximum Gasteiger partial charge on any atom is 0.342 e. The van der Waals surface area contributed by atoms with Crippen molar-refractivity contribution < 1.29 is 59.6 Å². The molecule has 3 heterocycles. The fourth-order valence-electron chi connectivity index (χ4n) is 3.97. The first kappa shape index (κ1) is 26.8. The first-order valence-corrected chi connectivity index (χ1v) is 10.4. The standard InChI is InChI=1S/C18H29N3O13/c1-8-19-4-11(21(29)30)20(8)2-3-31-18(7-24)16(28)15(10(6-23)34-18)33-17-14(27)13(26)12(25)9(5-22)32-17/h4,9-10,12-17,22-28H,2-3,5-7H2,1H3/t9?,10-,12+,13-,14?,15?,16-,17+,18?/m1/s1. The highest BCUT2D eigenvalue weighted by Crippen LogP contribution is 2.36. The summed E-state index contributed by atoms with van der Waals surface area (Å²) < 4.78 is 23.1. The molecule has 16 heteroatoms. The van der Waals surface area contributed by atoms with E-state index in [1.807, 2.05) is 0 Å². The van der Waals surface area contributed by atoms with Crippen molar-refractivity contribution in [1.29, 1.82) is 0 Å². The van der Waals surface area contributed by atoms with Crippen LogP contribution < -0.4 is 0 Å². The van der Waals surface area contributed by atoms with Crippen LogP contribution in [0.2, 0.25) is 0 Å². The van der Waals surface area contributed by atoms with Gasteiger partial charge in [0.1, 0.15) is 62.1 Å². The molecule has 0 amide bonds. The Morgan fingerprint density at radius 3 is 2.41 bits per heavy atom. The molecule has 2 aliphatic heterocycles. The van der Waals surface area contributed by atoms with Crippen molar-refractivity contribution in [3.63, 3.8) is 0 Å². The quantitative estimate of drug-likeness (QED) is 0.120. The molecule has 7 N–H and O–H groups in total. The number of hydrogen-bond acceptors (Lipinski definition) is 14. The van der Waals surface area contributed by atoms with Crippen LogP contribution >= 0.6 is 0 Å². The van der Waals surface area contributed by atoms with Crippen LogP contribution in [-0.4, -0.2) is 131 Å². The van der Waals surface area contributed by atoms with Crippen LogP contribution in [0, 0.1) is 17.0 Å². The van der Waals surface area contributed by atoms with Gasteiger partial charge in [0, 0.05) is 6.92 Å². The number of nitrogens with zero attached hydrogens (tertiary/aromatic N) is 3. The Balaban J connectivity index is 1.72. The van der Waals surface area contributed by atoms with Gasteiger partial charge in [-0.1, -0.05) is 0 Å². The largest absolute Gasteiger partial charge is 0.394 e. The van der Waals surface area contributed by atoms with Gasteiger partial charge in [0.25, 0.3) is 0 Å². The van der Waals surface area contributed by atoms with Crippen molar-refractivity contribution in [3.8, 4) is 0 Å². The molecule has 2 fully saturated rings. The molecule has 4 unspecified atom stereocenters. The minimum atomic E-state index is -2.10. The molecule has 1 aromatic heterocycles. The zero-order chi connectivity index (χ0) is 25.2. The maximum atomic E-state index is 11.1. The number of nitro groups is 1. The number of aliphatic hydroxyl groups excluding tert-OH is 7. The lowest BCUT2D eigenvalue weighted by Gasteiger charge is -2.41. The van der Waals surface area contributed by atoms with E-state index in [1.165, 1.54) is 4.57 Å². The van der Waals surface area contributed by atoms with Crippen LogP contribution in [0.3, 0.4) is 0 Å². The summed E-state index contributed by atoms with van der Waals surface area (Å²) in [6.07, 6.45) is -11.5. The van der Waals surface area contributed by atoms with Crippen molar-refractivity contribution in [1.82, 2.24) is 9.55 Å². The summed E-state index contributed by atoms with van der Waals surface area (Å²) in [6.45, 7) is -1.13. The van der Waals surface area contributed by atoms with Gasteiger partial charge >= 0.3 is 5.82 Å². The van der Waals surface area contributed by atoms with Gasteiger partial charge in [-0.05, 0) is 4.92 Å². The number of imidazole rings is 1. The third kappa shape index (κ3) is 4.93. The van der Waals surface area contributed by atoms with E-state index >= 15 is 0 Å². The Kier molecular flexibility index (Phi) is 8.53. The van der Waals surface area contributed by atoms with Crippen LogP contribution in [0.15, 0.2) is 6.20 Å². The normalized spacial score (nSPS) is 38.4. The van der Waals surface area contributed by atoms with Crippen molar-refractivity contribution in [2.45, 2.75) is 68.3 Å². The summed E-state index contributed by atoms with van der Waals surface area (Å²) in [7, 11) is 0. The number of rotatable bonds is 10. The second-order valence-electron chi connectivity index (χ2n) is 7.97. The first-order valence-electron chi connectivity index (χ1n) is 10.4. The maximum absolute atomic E-state index is 11.1. The van der Waals surface area contributed by atoms with Gasteiger partial charge in [0.2, 0.25) is 5.79 Å². The molecule has 0 aromatic carbocycles. The summed E-state index contributed by atoms with van der Waals surface area (Å²) in [4.78, 5) is 14.4. The molecular formula is C18H29N3O13. The number of hydrogen-bond donors (Lipinski definition) is 7. The number of aliphatic hydroxyl groups is 7. The van der Waals surface area contributed by atoms with Gasteiger partial charge in [0.15, 0.2) is 12.1 Å². The molecule has 0 saturated carbocycles. The molecule has 16 nitrogen and oxygen atoms in total. The lowest BCUT2D eigenvalue weighted by atomic mass is 9.99. The van der Waals surface area contributed by atoms with E-state index in [0.717, 1.165) is 6.20 Å². The number of aryl methyl sites for hydroxylation is 1. The highest BCUT2D eigenvalue weighted by Gasteiger charge is 2.58. The SMILES string of the molecule is Cc1ncc([N+](=O)[O-])n1CCOC1(CO)O[C@H](CO)C(O[C@@H]2OC(CO)[C@H](O)[C@@H](O)C2O)[C@H]1O. The van der Waals surface area contributed by atoms with Crippen LogP contribution in [-0.2, 0) is 25.5 Å². The molecule has 2 saturated heterocycles. The summed E-state index contributed by atoms with van der Waals surface area (Å²) >= 11 is 0. The minimum Gasteiger partial charge on any atom is -0.394 e. The van der Waals surface area contributed by atoms with Crippen molar-refractivity contribution in [2.24, 2.45) is 0 Å². The predicted octanol–water partition coefficient (Wildman–Crippen LogP) is -4.26. The monoisotopic (exact) mass is 495 g/mol. The van der Waals surface area contributed by atoms with E-state index in [9.17, 15) is 45.9 Å². The Bertz CT molecular complexity index is 838. The molecule has 0 spiro atoms. The van der Waals surface area contributed by atoms with E-state index in [4.69, 9.17) is 18.9 Å². The van der Waals surface area contributed by atoms with Gasteiger partial charge in [-0.2, -0.15) is 0 Å². The van der Waals surface area contributed by atoms with Gasteiger partial charge < -0.3 is 64.8 Å². The third-order valence-electron chi connectivity index (χ3n) is 5.90. The van der Waals surface area contributed by atoms with E-state index in [-0.39, 0.29) is 19.0 Å². The van der Waals surface area contributed by atoms with Crippen LogP contribution in [0.5, 0.6) is 0 Å². The minimum absolute atomic E-state index is 0.0813. The fraction of sp³-hybridized carbons (Fsp3) is 0.833. The van der Waals surface area contributed by atoms with Crippen LogP contribution in [0.25, 0.3) is 0 Å². The van der Waals surface area contributed by atoms with Crippen molar-refractivity contribution in [2.75, 3.05) is 26.4 Å². The lowest BCUT2D eigenvalue weighted by Crippen LogP contribution is -2.61. The zero-order valence-electron chi connectivity index (χ0n) is 18.2. The third-order valence-corrected chi connectivity index (χ3v) is 5.90. The highest BCUT2D eigenvalue weighted by molar-refractivity contribution is 5.18. The van der Waals surface area contributed by atoms with Crippen molar-refractivity contribution >= 4 is 5.82 Å². The fourth-order valence-corrected chi connectivity index (χ4v) is 3.97. The van der Waals surface area contributed by atoms with Crippen molar-refractivity contribution in [3.05, 3.63) is 22.1 Å². The topological polar surface area (TPSA) is 239 Å². The second-order valence-corrected chi connectivity index (χ2v) is 7.97. The summed E-state index contributed by atoms with van der Waals surface area (Å²) in [5, 5.41) is 80.9. The Morgan fingerprint density at radius 2 is 1.82 bits per heavy atom.